The van der Waals surface area contributed by atoms with E-state index in [-0.39, 0.29) is 17.2 Å². The van der Waals surface area contributed by atoms with Crippen LogP contribution < -0.4 is 11.3 Å². The Balaban J connectivity index is 2.34. The molecule has 90 valence electrons. The second-order valence-corrected chi connectivity index (χ2v) is 4.23. The SMILES string of the molecule is Nc1nc2occ(-c3cccc(Cl)c3)c2c(=O)[nH]1. The lowest BCUT2D eigenvalue weighted by Gasteiger charge is -1.98. The van der Waals surface area contributed by atoms with Crippen LogP contribution in [0.5, 0.6) is 0 Å². The summed E-state index contributed by atoms with van der Waals surface area (Å²) in [7, 11) is 0. The van der Waals surface area contributed by atoms with E-state index in [1.807, 2.05) is 6.07 Å². The Hall–Kier alpha value is -2.27. The predicted octanol–water partition coefficient (Wildman–Crippen LogP) is 2.42. The third-order valence-corrected chi connectivity index (χ3v) is 2.83. The van der Waals surface area contributed by atoms with Gasteiger partial charge in [0.25, 0.3) is 5.56 Å². The van der Waals surface area contributed by atoms with Crippen LogP contribution in [0, 0.1) is 0 Å². The van der Waals surface area contributed by atoms with Gasteiger partial charge in [-0.05, 0) is 17.7 Å². The third kappa shape index (κ3) is 1.65. The van der Waals surface area contributed by atoms with Gasteiger partial charge in [-0.15, -0.1) is 0 Å². The number of fused-ring (bicyclic) bond motifs is 1. The molecule has 0 saturated heterocycles. The summed E-state index contributed by atoms with van der Waals surface area (Å²) < 4.78 is 5.25. The number of rotatable bonds is 1. The van der Waals surface area contributed by atoms with E-state index < -0.39 is 0 Å². The summed E-state index contributed by atoms with van der Waals surface area (Å²) in [6, 6.07) is 7.15. The molecule has 0 radical (unpaired) electrons. The fourth-order valence-corrected chi connectivity index (χ4v) is 2.02. The number of H-pyrrole nitrogens is 1. The first kappa shape index (κ1) is 10.9. The molecule has 6 heteroatoms. The fourth-order valence-electron chi connectivity index (χ4n) is 1.83. The second-order valence-electron chi connectivity index (χ2n) is 3.79. The Bertz CT molecular complexity index is 791. The Morgan fingerprint density at radius 3 is 3.00 bits per heavy atom. The minimum atomic E-state index is -0.332. The number of aromatic nitrogens is 2. The largest absolute Gasteiger partial charge is 0.445 e. The van der Waals surface area contributed by atoms with Crippen molar-refractivity contribution in [3.8, 4) is 11.1 Å². The Morgan fingerprint density at radius 2 is 2.22 bits per heavy atom. The summed E-state index contributed by atoms with van der Waals surface area (Å²) >= 11 is 5.93. The molecule has 0 saturated carbocycles. The average molecular weight is 262 g/mol. The summed E-state index contributed by atoms with van der Waals surface area (Å²) in [5.41, 5.74) is 6.76. The van der Waals surface area contributed by atoms with Crippen molar-refractivity contribution in [3.05, 3.63) is 45.9 Å². The molecule has 2 aromatic heterocycles. The zero-order valence-electron chi connectivity index (χ0n) is 9.11. The maximum Gasteiger partial charge on any atom is 0.264 e. The molecular formula is C12H8ClN3O2. The van der Waals surface area contributed by atoms with Crippen LogP contribution in [-0.2, 0) is 0 Å². The van der Waals surface area contributed by atoms with Crippen molar-refractivity contribution in [2.24, 2.45) is 0 Å². The Labute approximate surface area is 106 Å². The van der Waals surface area contributed by atoms with Crippen LogP contribution in [0.3, 0.4) is 0 Å². The number of aromatic amines is 1. The average Bonchev–Trinajstić information content (AvgIpc) is 2.72. The predicted molar refractivity (Wildman–Crippen MR) is 69.5 cm³/mol. The molecule has 0 aliphatic heterocycles. The van der Waals surface area contributed by atoms with Crippen molar-refractivity contribution >= 4 is 28.6 Å². The number of hydrogen-bond donors (Lipinski definition) is 2. The molecule has 18 heavy (non-hydrogen) atoms. The number of halogens is 1. The van der Waals surface area contributed by atoms with Crippen LogP contribution >= 0.6 is 11.6 Å². The minimum Gasteiger partial charge on any atom is -0.445 e. The zero-order valence-corrected chi connectivity index (χ0v) is 9.86. The van der Waals surface area contributed by atoms with Gasteiger partial charge in [0.15, 0.2) is 0 Å². The normalized spacial score (nSPS) is 10.9. The zero-order chi connectivity index (χ0) is 12.7. The maximum absolute atomic E-state index is 11.9. The van der Waals surface area contributed by atoms with E-state index in [0.717, 1.165) is 5.56 Å². The van der Waals surface area contributed by atoms with Gasteiger partial charge in [-0.25, -0.2) is 0 Å². The molecule has 3 N–H and O–H groups in total. The molecular weight excluding hydrogens is 254 g/mol. The van der Waals surface area contributed by atoms with Gasteiger partial charge < -0.3 is 10.2 Å². The molecule has 3 rings (SSSR count). The van der Waals surface area contributed by atoms with Crippen molar-refractivity contribution in [2.45, 2.75) is 0 Å². The molecule has 3 aromatic rings. The van der Waals surface area contributed by atoms with Gasteiger partial charge in [-0.3, -0.25) is 9.78 Å². The van der Waals surface area contributed by atoms with E-state index in [2.05, 4.69) is 9.97 Å². The van der Waals surface area contributed by atoms with Crippen LogP contribution in [0.4, 0.5) is 5.95 Å². The number of nitrogen functional groups attached to an aromatic ring is 1. The lowest BCUT2D eigenvalue weighted by molar-refractivity contribution is 0.604. The van der Waals surface area contributed by atoms with Crippen molar-refractivity contribution in [1.29, 1.82) is 0 Å². The van der Waals surface area contributed by atoms with Gasteiger partial charge >= 0.3 is 0 Å². The monoisotopic (exact) mass is 261 g/mol. The van der Waals surface area contributed by atoms with Gasteiger partial charge in [0.1, 0.15) is 11.6 Å². The number of nitrogens with two attached hydrogens (primary N) is 1. The van der Waals surface area contributed by atoms with E-state index in [0.29, 0.717) is 16.0 Å². The molecule has 0 fully saturated rings. The maximum atomic E-state index is 11.9. The molecule has 0 aliphatic rings. The number of furan rings is 1. The molecule has 2 heterocycles. The van der Waals surface area contributed by atoms with Crippen LogP contribution in [0.1, 0.15) is 0 Å². The van der Waals surface area contributed by atoms with Gasteiger partial charge in [0, 0.05) is 10.6 Å². The van der Waals surface area contributed by atoms with Crippen molar-refractivity contribution < 1.29 is 4.42 Å². The molecule has 5 nitrogen and oxygen atoms in total. The standard InChI is InChI=1S/C12H8ClN3O2/c13-7-3-1-2-6(4-7)8-5-18-11-9(8)10(17)15-12(14)16-11/h1-5H,(H3,14,15,16,17). The van der Waals surface area contributed by atoms with Gasteiger partial charge in [0.05, 0.1) is 0 Å². The highest BCUT2D eigenvalue weighted by Crippen LogP contribution is 2.28. The van der Waals surface area contributed by atoms with Crippen molar-refractivity contribution in [2.75, 3.05) is 5.73 Å². The van der Waals surface area contributed by atoms with E-state index in [1.54, 1.807) is 18.2 Å². The first-order valence-corrected chi connectivity index (χ1v) is 5.56. The van der Waals surface area contributed by atoms with Gasteiger partial charge in [-0.1, -0.05) is 23.7 Å². The summed E-state index contributed by atoms with van der Waals surface area (Å²) in [6.07, 6.45) is 1.47. The molecule has 0 unspecified atom stereocenters. The van der Waals surface area contributed by atoms with E-state index in [9.17, 15) is 4.79 Å². The number of hydrogen-bond acceptors (Lipinski definition) is 4. The van der Waals surface area contributed by atoms with E-state index in [1.165, 1.54) is 6.26 Å². The number of anilines is 1. The molecule has 0 atom stereocenters. The highest BCUT2D eigenvalue weighted by atomic mass is 35.5. The number of benzene rings is 1. The molecule has 0 spiro atoms. The smallest absolute Gasteiger partial charge is 0.264 e. The van der Waals surface area contributed by atoms with Gasteiger partial charge in [0.2, 0.25) is 11.7 Å². The summed E-state index contributed by atoms with van der Waals surface area (Å²) in [6.45, 7) is 0. The highest BCUT2D eigenvalue weighted by molar-refractivity contribution is 6.30. The fraction of sp³-hybridized carbons (Fsp3) is 0. The minimum absolute atomic E-state index is 0.0273. The summed E-state index contributed by atoms with van der Waals surface area (Å²) in [5, 5.41) is 0.952. The van der Waals surface area contributed by atoms with Crippen LogP contribution in [-0.4, -0.2) is 9.97 Å². The summed E-state index contributed by atoms with van der Waals surface area (Å²) in [5.74, 6) is 0.0273. The van der Waals surface area contributed by atoms with Gasteiger partial charge in [-0.2, -0.15) is 4.98 Å². The van der Waals surface area contributed by atoms with E-state index in [4.69, 9.17) is 21.8 Å². The van der Waals surface area contributed by atoms with E-state index >= 15 is 0 Å². The highest BCUT2D eigenvalue weighted by Gasteiger charge is 2.13. The first-order valence-electron chi connectivity index (χ1n) is 5.18. The topological polar surface area (TPSA) is 84.9 Å². The molecule has 0 bridgehead atoms. The number of nitrogens with zero attached hydrogens (tertiary/aromatic N) is 1. The second kappa shape index (κ2) is 3.89. The van der Waals surface area contributed by atoms with Crippen molar-refractivity contribution in [1.82, 2.24) is 9.97 Å². The quantitative estimate of drug-likeness (QED) is 0.704. The Morgan fingerprint density at radius 1 is 1.39 bits per heavy atom. The molecule has 0 aliphatic carbocycles. The lowest BCUT2D eigenvalue weighted by atomic mass is 10.1. The third-order valence-electron chi connectivity index (χ3n) is 2.60. The number of nitrogens with one attached hydrogen (secondary N) is 1. The first-order chi connectivity index (χ1) is 8.65. The Kier molecular flexibility index (Phi) is 2.34. The van der Waals surface area contributed by atoms with Crippen LogP contribution in [0.25, 0.3) is 22.2 Å². The van der Waals surface area contributed by atoms with Crippen LogP contribution in [0.15, 0.2) is 39.7 Å². The molecule has 0 amide bonds. The van der Waals surface area contributed by atoms with Crippen LogP contribution in [0.2, 0.25) is 5.02 Å². The summed E-state index contributed by atoms with van der Waals surface area (Å²) in [4.78, 5) is 18.2. The van der Waals surface area contributed by atoms with Crippen molar-refractivity contribution in [3.63, 3.8) is 0 Å². The lowest BCUT2D eigenvalue weighted by Crippen LogP contribution is -2.10. The molecule has 1 aromatic carbocycles.